The summed E-state index contributed by atoms with van der Waals surface area (Å²) in [6.07, 6.45) is 0.897. The molecule has 0 spiro atoms. The molecule has 2 N–H and O–H groups in total. The Morgan fingerprint density at radius 2 is 2.16 bits per heavy atom. The molecule has 19 heavy (non-hydrogen) atoms. The maximum absolute atomic E-state index is 12.6. The van der Waals surface area contributed by atoms with E-state index in [1.54, 1.807) is 21.0 Å². The van der Waals surface area contributed by atoms with Crippen LogP contribution >= 0.6 is 0 Å². The van der Waals surface area contributed by atoms with Crippen molar-refractivity contribution in [2.24, 2.45) is 5.73 Å². The highest BCUT2D eigenvalue weighted by atomic mass is 16.5. The SMILES string of the molecule is COC(C)(C)C(=O)N1CC(CCN)c2ccccc21. The van der Waals surface area contributed by atoms with E-state index in [2.05, 4.69) is 6.07 Å². The monoisotopic (exact) mass is 262 g/mol. The number of fused-ring (bicyclic) bond motifs is 1. The molecule has 0 saturated heterocycles. The first-order chi connectivity index (χ1) is 9.01. The van der Waals surface area contributed by atoms with Gasteiger partial charge < -0.3 is 15.4 Å². The largest absolute Gasteiger partial charge is 0.369 e. The van der Waals surface area contributed by atoms with Gasteiger partial charge in [-0.2, -0.15) is 0 Å². The zero-order valence-electron chi connectivity index (χ0n) is 11.8. The van der Waals surface area contributed by atoms with Gasteiger partial charge in [-0.1, -0.05) is 18.2 Å². The number of ether oxygens (including phenoxy) is 1. The van der Waals surface area contributed by atoms with Gasteiger partial charge in [0.2, 0.25) is 0 Å². The molecule has 0 radical (unpaired) electrons. The Morgan fingerprint density at radius 3 is 2.79 bits per heavy atom. The average molecular weight is 262 g/mol. The third-order valence-corrected chi connectivity index (χ3v) is 3.86. The van der Waals surface area contributed by atoms with Gasteiger partial charge in [0, 0.05) is 25.3 Å². The lowest BCUT2D eigenvalue weighted by Gasteiger charge is -2.28. The second kappa shape index (κ2) is 5.31. The summed E-state index contributed by atoms with van der Waals surface area (Å²) in [5.74, 6) is 0.333. The lowest BCUT2D eigenvalue weighted by molar-refractivity contribution is -0.136. The van der Waals surface area contributed by atoms with Crippen molar-refractivity contribution in [2.45, 2.75) is 31.8 Å². The van der Waals surface area contributed by atoms with Crippen molar-refractivity contribution in [3.8, 4) is 0 Å². The van der Waals surface area contributed by atoms with Crippen LogP contribution in [0.1, 0.15) is 31.7 Å². The number of methoxy groups -OCH3 is 1. The number of hydrogen-bond acceptors (Lipinski definition) is 3. The molecule has 104 valence electrons. The van der Waals surface area contributed by atoms with E-state index >= 15 is 0 Å². The number of carbonyl (C=O) groups is 1. The van der Waals surface area contributed by atoms with Crippen molar-refractivity contribution in [3.05, 3.63) is 29.8 Å². The molecular formula is C15H22N2O2. The number of hydrogen-bond donors (Lipinski definition) is 1. The van der Waals surface area contributed by atoms with Gasteiger partial charge in [0.1, 0.15) is 5.60 Å². The molecule has 0 saturated carbocycles. The van der Waals surface area contributed by atoms with Crippen molar-refractivity contribution in [1.29, 1.82) is 0 Å². The molecule has 4 heteroatoms. The van der Waals surface area contributed by atoms with Crippen LogP contribution in [0.5, 0.6) is 0 Å². The van der Waals surface area contributed by atoms with Crippen LogP contribution in [0.3, 0.4) is 0 Å². The maximum Gasteiger partial charge on any atom is 0.258 e. The molecular weight excluding hydrogens is 240 g/mol. The molecule has 0 fully saturated rings. The van der Waals surface area contributed by atoms with Crippen LogP contribution in [-0.2, 0) is 9.53 Å². The van der Waals surface area contributed by atoms with Crippen LogP contribution in [0.25, 0.3) is 0 Å². The Bertz CT molecular complexity index is 471. The summed E-state index contributed by atoms with van der Waals surface area (Å²) in [6.45, 7) is 4.93. The summed E-state index contributed by atoms with van der Waals surface area (Å²) in [6, 6.07) is 8.06. The predicted molar refractivity (Wildman–Crippen MR) is 76.3 cm³/mol. The minimum Gasteiger partial charge on any atom is -0.369 e. The fourth-order valence-electron chi connectivity index (χ4n) is 2.55. The molecule has 1 aliphatic heterocycles. The summed E-state index contributed by atoms with van der Waals surface area (Å²) >= 11 is 0. The Balaban J connectivity index is 2.32. The van der Waals surface area contributed by atoms with Gasteiger partial charge in [-0.25, -0.2) is 0 Å². The quantitative estimate of drug-likeness (QED) is 0.901. The van der Waals surface area contributed by atoms with Gasteiger partial charge in [-0.05, 0) is 38.4 Å². The van der Waals surface area contributed by atoms with Crippen molar-refractivity contribution in [1.82, 2.24) is 0 Å². The first-order valence-corrected chi connectivity index (χ1v) is 6.67. The second-order valence-corrected chi connectivity index (χ2v) is 5.46. The highest BCUT2D eigenvalue weighted by Crippen LogP contribution is 2.38. The molecule has 1 aromatic rings. The first-order valence-electron chi connectivity index (χ1n) is 6.67. The van der Waals surface area contributed by atoms with Crippen molar-refractivity contribution in [3.63, 3.8) is 0 Å². The summed E-state index contributed by atoms with van der Waals surface area (Å²) in [5.41, 5.74) is 7.08. The minimum absolute atomic E-state index is 0.00183. The molecule has 4 nitrogen and oxygen atoms in total. The van der Waals surface area contributed by atoms with Gasteiger partial charge in [0.05, 0.1) is 0 Å². The molecule has 1 aromatic carbocycles. The van der Waals surface area contributed by atoms with E-state index in [1.807, 2.05) is 23.1 Å². The number of anilines is 1. The third kappa shape index (κ3) is 2.51. The summed E-state index contributed by atoms with van der Waals surface area (Å²) < 4.78 is 5.31. The minimum atomic E-state index is -0.801. The van der Waals surface area contributed by atoms with Crippen LogP contribution in [-0.4, -0.2) is 31.7 Å². The third-order valence-electron chi connectivity index (χ3n) is 3.86. The Morgan fingerprint density at radius 1 is 1.47 bits per heavy atom. The number of para-hydroxylation sites is 1. The number of nitrogens with zero attached hydrogens (tertiary/aromatic N) is 1. The zero-order chi connectivity index (χ0) is 14.0. The van der Waals surface area contributed by atoms with Gasteiger partial charge >= 0.3 is 0 Å². The van der Waals surface area contributed by atoms with Crippen LogP contribution in [0.15, 0.2) is 24.3 Å². The van der Waals surface area contributed by atoms with Crippen LogP contribution < -0.4 is 10.6 Å². The summed E-state index contributed by atoms with van der Waals surface area (Å²) in [7, 11) is 1.57. The highest BCUT2D eigenvalue weighted by molar-refractivity contribution is 6.00. The number of nitrogens with two attached hydrogens (primary N) is 1. The van der Waals surface area contributed by atoms with Crippen LogP contribution in [0, 0.1) is 0 Å². The number of benzene rings is 1. The topological polar surface area (TPSA) is 55.6 Å². The molecule has 1 heterocycles. The molecule has 2 rings (SSSR count). The Kier molecular flexibility index (Phi) is 3.92. The van der Waals surface area contributed by atoms with Crippen LogP contribution in [0.4, 0.5) is 5.69 Å². The maximum atomic E-state index is 12.6. The molecule has 1 amide bonds. The molecule has 0 bridgehead atoms. The molecule has 1 unspecified atom stereocenters. The summed E-state index contributed by atoms with van der Waals surface area (Å²) in [5, 5.41) is 0. The van der Waals surface area contributed by atoms with Crippen molar-refractivity contribution < 1.29 is 9.53 Å². The first kappa shape index (κ1) is 14.0. The number of rotatable bonds is 4. The lowest BCUT2D eigenvalue weighted by Crippen LogP contribution is -2.46. The van der Waals surface area contributed by atoms with E-state index in [9.17, 15) is 4.79 Å². The normalized spacial score (nSPS) is 18.5. The molecule has 0 aliphatic carbocycles. The Hall–Kier alpha value is -1.39. The second-order valence-electron chi connectivity index (χ2n) is 5.46. The molecule has 0 aromatic heterocycles. The van der Waals surface area contributed by atoms with E-state index in [1.165, 1.54) is 5.56 Å². The van der Waals surface area contributed by atoms with E-state index in [0.717, 1.165) is 12.1 Å². The van der Waals surface area contributed by atoms with Crippen molar-refractivity contribution in [2.75, 3.05) is 25.1 Å². The Labute approximate surface area is 114 Å². The van der Waals surface area contributed by atoms with Gasteiger partial charge in [0.15, 0.2) is 0 Å². The average Bonchev–Trinajstić information content (AvgIpc) is 2.77. The number of carbonyl (C=O) groups excluding carboxylic acids is 1. The standard InChI is InChI=1S/C15H22N2O2/c1-15(2,19-3)14(18)17-10-11(8-9-16)12-6-4-5-7-13(12)17/h4-7,11H,8-10,16H2,1-3H3. The van der Waals surface area contributed by atoms with Crippen molar-refractivity contribution >= 4 is 11.6 Å². The lowest BCUT2D eigenvalue weighted by atomic mass is 9.98. The van der Waals surface area contributed by atoms with Gasteiger partial charge in [-0.3, -0.25) is 4.79 Å². The van der Waals surface area contributed by atoms with E-state index in [4.69, 9.17) is 10.5 Å². The highest BCUT2D eigenvalue weighted by Gasteiger charge is 2.38. The van der Waals surface area contributed by atoms with E-state index < -0.39 is 5.60 Å². The smallest absolute Gasteiger partial charge is 0.258 e. The molecule has 1 atom stereocenters. The van der Waals surface area contributed by atoms with E-state index in [0.29, 0.717) is 19.0 Å². The van der Waals surface area contributed by atoms with Crippen LogP contribution in [0.2, 0.25) is 0 Å². The fourth-order valence-corrected chi connectivity index (χ4v) is 2.55. The molecule has 1 aliphatic rings. The zero-order valence-corrected chi connectivity index (χ0v) is 11.8. The summed E-state index contributed by atoms with van der Waals surface area (Å²) in [4.78, 5) is 14.4. The van der Waals surface area contributed by atoms with Gasteiger partial charge in [-0.15, -0.1) is 0 Å². The van der Waals surface area contributed by atoms with E-state index in [-0.39, 0.29) is 5.91 Å². The fraction of sp³-hybridized carbons (Fsp3) is 0.533. The van der Waals surface area contributed by atoms with Gasteiger partial charge in [0.25, 0.3) is 5.91 Å². The number of amides is 1. The predicted octanol–water partition coefficient (Wildman–Crippen LogP) is 1.89.